The molecule has 2 aromatic heterocycles. The summed E-state index contributed by atoms with van der Waals surface area (Å²) in [5.74, 6) is 1.09. The minimum absolute atomic E-state index is 0.539. The predicted octanol–water partition coefficient (Wildman–Crippen LogP) is 0.678. The van der Waals surface area contributed by atoms with E-state index in [-0.39, 0.29) is 0 Å². The highest BCUT2D eigenvalue weighted by molar-refractivity contribution is 7.85. The lowest BCUT2D eigenvalue weighted by Crippen LogP contribution is -2.08. The molecule has 0 radical (unpaired) electrons. The third-order valence-electron chi connectivity index (χ3n) is 2.08. The molecule has 0 aliphatic heterocycles. The summed E-state index contributed by atoms with van der Waals surface area (Å²) in [5, 5.41) is 0. The predicted molar refractivity (Wildman–Crippen MR) is 91.7 cm³/mol. The number of hydrogen-bond acceptors (Lipinski definition) is 7. The Bertz CT molecular complexity index is 813. The lowest BCUT2D eigenvalue weighted by Gasteiger charge is -2.07. The smallest absolute Gasteiger partial charge is 0.261 e. The molecule has 0 aliphatic carbocycles. The largest absolute Gasteiger partial charge is 0.369 e. The first-order valence-corrected chi connectivity index (χ1v) is 10.3. The highest BCUT2D eigenvalue weighted by Gasteiger charge is 2.09. The van der Waals surface area contributed by atoms with E-state index in [0.29, 0.717) is 24.4 Å². The van der Waals surface area contributed by atoms with Crippen molar-refractivity contribution < 1.29 is 25.9 Å². The zero-order valence-corrected chi connectivity index (χ0v) is 15.4. The molecule has 0 unspecified atom stereocenters. The summed E-state index contributed by atoms with van der Waals surface area (Å²) in [6.07, 6.45) is 3.19. The van der Waals surface area contributed by atoms with Gasteiger partial charge in [-0.15, -0.1) is 0 Å². The molecule has 138 valence electrons. The van der Waals surface area contributed by atoms with E-state index >= 15 is 0 Å². The fourth-order valence-corrected chi connectivity index (χ4v) is 1.52. The van der Waals surface area contributed by atoms with Gasteiger partial charge >= 0.3 is 0 Å². The Hall–Kier alpha value is -1.76. The van der Waals surface area contributed by atoms with Crippen LogP contribution in [-0.4, -0.2) is 53.0 Å². The molecule has 2 heterocycles. The molecule has 10 nitrogen and oxygen atoms in total. The maximum atomic E-state index is 9.19. The van der Waals surface area contributed by atoms with Crippen LogP contribution in [0.2, 0.25) is 0 Å². The van der Waals surface area contributed by atoms with Gasteiger partial charge in [-0.05, 0) is 18.1 Å². The van der Waals surface area contributed by atoms with Crippen LogP contribution in [0.3, 0.4) is 0 Å². The number of nitrogen functional groups attached to an aromatic ring is 1. The summed E-state index contributed by atoms with van der Waals surface area (Å²) in [6.45, 7) is 5.15. The minimum Gasteiger partial charge on any atom is -0.369 e. The third kappa shape index (κ3) is 11.8. The Morgan fingerprint density at radius 3 is 2.04 bits per heavy atom. The number of rotatable bonds is 2. The van der Waals surface area contributed by atoms with Gasteiger partial charge in [0.1, 0.15) is 5.52 Å². The molecular formula is C12H22N4O6S2. The molecule has 2 rings (SSSR count). The maximum Gasteiger partial charge on any atom is 0.261 e. The number of aromatic nitrogens is 3. The van der Waals surface area contributed by atoms with Gasteiger partial charge in [0.2, 0.25) is 5.95 Å². The van der Waals surface area contributed by atoms with Crippen molar-refractivity contribution in [1.82, 2.24) is 14.5 Å². The fourth-order valence-electron chi connectivity index (χ4n) is 1.52. The molecule has 0 saturated heterocycles. The van der Waals surface area contributed by atoms with E-state index < -0.39 is 20.2 Å². The van der Waals surface area contributed by atoms with Crippen LogP contribution in [0.1, 0.15) is 13.8 Å². The van der Waals surface area contributed by atoms with Crippen molar-refractivity contribution in [3.8, 4) is 0 Å². The second-order valence-electron chi connectivity index (χ2n) is 5.29. The number of anilines is 1. The molecule has 0 spiro atoms. The average Bonchev–Trinajstić information content (AvgIpc) is 2.61. The van der Waals surface area contributed by atoms with E-state index in [1.807, 2.05) is 16.7 Å². The molecular weight excluding hydrogens is 360 g/mol. The van der Waals surface area contributed by atoms with Crippen molar-refractivity contribution in [3.63, 3.8) is 0 Å². The molecule has 0 bridgehead atoms. The van der Waals surface area contributed by atoms with Crippen molar-refractivity contribution in [2.45, 2.75) is 20.4 Å². The van der Waals surface area contributed by atoms with Gasteiger partial charge in [-0.25, -0.2) is 9.97 Å². The van der Waals surface area contributed by atoms with Gasteiger partial charge in [0.05, 0.1) is 12.5 Å². The first-order valence-electron chi connectivity index (χ1n) is 6.60. The van der Waals surface area contributed by atoms with Crippen molar-refractivity contribution in [3.05, 3.63) is 18.3 Å². The molecule has 0 atom stereocenters. The lowest BCUT2D eigenvalue weighted by atomic mass is 10.2. The van der Waals surface area contributed by atoms with Crippen LogP contribution in [-0.2, 0) is 26.8 Å². The van der Waals surface area contributed by atoms with E-state index in [1.165, 1.54) is 0 Å². The lowest BCUT2D eigenvalue weighted by molar-refractivity contribution is 0.488. The van der Waals surface area contributed by atoms with Crippen molar-refractivity contribution in [2.75, 3.05) is 18.2 Å². The van der Waals surface area contributed by atoms with Gasteiger partial charge in [0.15, 0.2) is 5.65 Å². The van der Waals surface area contributed by atoms with E-state index in [1.54, 1.807) is 6.20 Å². The second-order valence-corrected chi connectivity index (χ2v) is 8.22. The van der Waals surface area contributed by atoms with Crippen molar-refractivity contribution in [1.29, 1.82) is 0 Å². The van der Waals surface area contributed by atoms with E-state index in [9.17, 15) is 16.8 Å². The van der Waals surface area contributed by atoms with Crippen molar-refractivity contribution in [2.24, 2.45) is 5.92 Å². The van der Waals surface area contributed by atoms with E-state index in [2.05, 4.69) is 23.8 Å². The number of hydrogen-bond donors (Lipinski definition) is 3. The number of pyridine rings is 1. The summed E-state index contributed by atoms with van der Waals surface area (Å²) >= 11 is 0. The Morgan fingerprint density at radius 1 is 1.17 bits per heavy atom. The van der Waals surface area contributed by atoms with Gasteiger partial charge in [-0.1, -0.05) is 13.8 Å². The summed E-state index contributed by atoms with van der Waals surface area (Å²) in [5.41, 5.74) is 7.55. The molecule has 0 saturated carbocycles. The van der Waals surface area contributed by atoms with Crippen LogP contribution < -0.4 is 5.73 Å². The summed E-state index contributed by atoms with van der Waals surface area (Å²) in [6, 6.07) is 3.80. The van der Waals surface area contributed by atoms with E-state index in [4.69, 9.17) is 14.8 Å². The fraction of sp³-hybridized carbons (Fsp3) is 0.500. The second kappa shape index (κ2) is 8.92. The Kier molecular flexibility index (Phi) is 8.26. The molecule has 0 aromatic carbocycles. The SMILES string of the molecule is CC(C)Cn1c(N)nc2cccnc21.CS(=O)(=O)O.CS(=O)(=O)O. The normalized spacial score (nSPS) is 11.5. The number of nitrogens with zero attached hydrogens (tertiary/aromatic N) is 3. The molecule has 12 heteroatoms. The maximum absolute atomic E-state index is 9.19. The Balaban J connectivity index is 0.000000442. The summed E-state index contributed by atoms with van der Waals surface area (Å²) < 4.78 is 53.7. The molecule has 24 heavy (non-hydrogen) atoms. The van der Waals surface area contributed by atoms with Gasteiger partial charge in [0.25, 0.3) is 20.2 Å². The Labute approximate surface area is 141 Å². The molecule has 0 amide bonds. The number of imidazole rings is 1. The highest BCUT2D eigenvalue weighted by Crippen LogP contribution is 2.16. The zero-order valence-electron chi connectivity index (χ0n) is 13.8. The summed E-state index contributed by atoms with van der Waals surface area (Å²) in [4.78, 5) is 8.52. The molecule has 0 aliphatic rings. The van der Waals surface area contributed by atoms with Crippen LogP contribution in [0.25, 0.3) is 11.2 Å². The third-order valence-corrected chi connectivity index (χ3v) is 2.08. The van der Waals surface area contributed by atoms with Crippen LogP contribution in [0.4, 0.5) is 5.95 Å². The Morgan fingerprint density at radius 2 is 1.62 bits per heavy atom. The van der Waals surface area contributed by atoms with Gasteiger partial charge < -0.3 is 5.73 Å². The van der Waals surface area contributed by atoms with Crippen LogP contribution in [0, 0.1) is 5.92 Å². The number of nitrogens with two attached hydrogens (primary N) is 1. The van der Waals surface area contributed by atoms with Gasteiger partial charge in [-0.3, -0.25) is 13.7 Å². The highest BCUT2D eigenvalue weighted by atomic mass is 32.2. The van der Waals surface area contributed by atoms with Crippen LogP contribution >= 0.6 is 0 Å². The monoisotopic (exact) mass is 382 g/mol. The first kappa shape index (κ1) is 22.2. The summed E-state index contributed by atoms with van der Waals surface area (Å²) in [7, 11) is -7.33. The zero-order chi connectivity index (χ0) is 19.1. The molecule has 2 aromatic rings. The van der Waals surface area contributed by atoms with Gasteiger partial charge in [-0.2, -0.15) is 16.8 Å². The van der Waals surface area contributed by atoms with Crippen LogP contribution in [0.15, 0.2) is 18.3 Å². The topological polar surface area (TPSA) is 165 Å². The molecule has 0 fully saturated rings. The average molecular weight is 382 g/mol. The van der Waals surface area contributed by atoms with E-state index in [0.717, 1.165) is 17.7 Å². The minimum atomic E-state index is -3.67. The van der Waals surface area contributed by atoms with Crippen LogP contribution in [0.5, 0.6) is 0 Å². The number of fused-ring (bicyclic) bond motifs is 1. The first-order chi connectivity index (χ1) is 10.7. The standard InChI is InChI=1S/C10H14N4.2CH4O3S/c1-7(2)6-14-9-8(13-10(14)11)4-3-5-12-9;2*1-5(2,3)4/h3-5,7H,6H2,1-2H3,(H2,11,13);2*1H3,(H,2,3,4). The van der Waals surface area contributed by atoms with Crippen molar-refractivity contribution >= 4 is 37.3 Å². The molecule has 4 N–H and O–H groups in total. The van der Waals surface area contributed by atoms with Gasteiger partial charge in [0, 0.05) is 12.7 Å². The quantitative estimate of drug-likeness (QED) is 0.633.